The van der Waals surface area contributed by atoms with Gasteiger partial charge in [0.1, 0.15) is 17.0 Å². The average Bonchev–Trinajstić information content (AvgIpc) is 2.96. The molecule has 0 saturated carbocycles. The fourth-order valence-corrected chi connectivity index (χ4v) is 3.16. The van der Waals surface area contributed by atoms with Crippen LogP contribution in [0.5, 0.6) is 0 Å². The number of fused-ring (bicyclic) bond motifs is 1. The van der Waals surface area contributed by atoms with Crippen LogP contribution in [0.2, 0.25) is 0 Å². The van der Waals surface area contributed by atoms with Gasteiger partial charge in [-0.1, -0.05) is 6.92 Å². The predicted molar refractivity (Wildman–Crippen MR) is 96.1 cm³/mol. The van der Waals surface area contributed by atoms with Crippen LogP contribution in [-0.2, 0) is 11.2 Å². The highest BCUT2D eigenvalue weighted by Crippen LogP contribution is 2.28. The second-order valence-corrected chi connectivity index (χ2v) is 6.84. The van der Waals surface area contributed by atoms with Crippen molar-refractivity contribution in [3.63, 3.8) is 0 Å². The number of nitrogens with one attached hydrogen (secondary N) is 2. The molecule has 2 aromatic rings. The molecule has 0 radical (unpaired) electrons. The van der Waals surface area contributed by atoms with E-state index in [1.54, 1.807) is 17.7 Å². The van der Waals surface area contributed by atoms with E-state index < -0.39 is 0 Å². The minimum Gasteiger partial charge on any atom is -0.360 e. The number of carbonyl (C=O) groups excluding carboxylic acids is 1. The van der Waals surface area contributed by atoms with E-state index in [0.717, 1.165) is 41.8 Å². The lowest BCUT2D eigenvalue weighted by Crippen LogP contribution is -2.31. The number of nitrogens with zero attached hydrogens (tertiary/aromatic N) is 3. The predicted octanol–water partition coefficient (Wildman–Crippen LogP) is 2.12. The third-order valence-electron chi connectivity index (χ3n) is 3.50. The zero-order chi connectivity index (χ0) is 16.7. The number of unbranched alkanes of at least 4 members (excludes halogenated alkanes) is 1. The van der Waals surface area contributed by atoms with Crippen molar-refractivity contribution in [2.45, 2.75) is 26.2 Å². The zero-order valence-electron chi connectivity index (χ0n) is 14.1. The van der Waals surface area contributed by atoms with Crippen LogP contribution < -0.4 is 10.6 Å². The van der Waals surface area contributed by atoms with E-state index in [0.29, 0.717) is 6.54 Å². The summed E-state index contributed by atoms with van der Waals surface area (Å²) in [6.45, 7) is 4.11. The molecule has 2 aromatic heterocycles. The van der Waals surface area contributed by atoms with Gasteiger partial charge in [0.05, 0.1) is 11.9 Å². The van der Waals surface area contributed by atoms with Crippen LogP contribution in [0.15, 0.2) is 12.4 Å². The molecule has 7 heteroatoms. The largest absolute Gasteiger partial charge is 0.360 e. The maximum atomic E-state index is 11.9. The Labute approximate surface area is 141 Å². The molecule has 0 saturated heterocycles. The molecule has 0 aromatic carbocycles. The van der Waals surface area contributed by atoms with Gasteiger partial charge in [-0.2, -0.15) is 0 Å². The fourth-order valence-electron chi connectivity index (χ4n) is 2.23. The summed E-state index contributed by atoms with van der Waals surface area (Å²) in [7, 11) is 4.11. The summed E-state index contributed by atoms with van der Waals surface area (Å²) in [4.78, 5) is 24.8. The fraction of sp³-hybridized carbons (Fsp3) is 0.562. The summed E-state index contributed by atoms with van der Waals surface area (Å²) in [6.07, 6.45) is 4.60. The Morgan fingerprint density at radius 3 is 2.87 bits per heavy atom. The Bertz CT molecular complexity index is 640. The lowest BCUT2D eigenvalue weighted by atomic mass is 10.3. The van der Waals surface area contributed by atoms with Crippen molar-refractivity contribution < 1.29 is 4.79 Å². The first-order valence-corrected chi connectivity index (χ1v) is 8.80. The van der Waals surface area contributed by atoms with Crippen LogP contribution >= 0.6 is 11.3 Å². The van der Waals surface area contributed by atoms with E-state index >= 15 is 0 Å². The topological polar surface area (TPSA) is 70.2 Å². The summed E-state index contributed by atoms with van der Waals surface area (Å²) in [5, 5.41) is 7.04. The SMILES string of the molecule is CCc1cc2c(NCC(=O)NCCCCN(C)C)ncnc2s1. The van der Waals surface area contributed by atoms with Crippen molar-refractivity contribution >= 4 is 33.3 Å². The summed E-state index contributed by atoms with van der Waals surface area (Å²) < 4.78 is 0. The van der Waals surface area contributed by atoms with E-state index in [4.69, 9.17) is 0 Å². The maximum absolute atomic E-state index is 11.9. The van der Waals surface area contributed by atoms with Crippen molar-refractivity contribution in [1.82, 2.24) is 20.2 Å². The number of rotatable bonds is 9. The molecular formula is C16H25N5OS. The summed E-state index contributed by atoms with van der Waals surface area (Å²) in [6, 6.07) is 2.10. The molecule has 2 heterocycles. The molecular weight excluding hydrogens is 310 g/mol. The van der Waals surface area contributed by atoms with E-state index in [1.807, 2.05) is 0 Å². The summed E-state index contributed by atoms with van der Waals surface area (Å²) in [5.74, 6) is 0.723. The van der Waals surface area contributed by atoms with E-state index in [1.165, 1.54) is 4.88 Å². The Hall–Kier alpha value is -1.73. The van der Waals surface area contributed by atoms with Crippen molar-refractivity contribution in [2.75, 3.05) is 39.0 Å². The van der Waals surface area contributed by atoms with E-state index in [-0.39, 0.29) is 12.5 Å². The van der Waals surface area contributed by atoms with Crippen LogP contribution in [0.1, 0.15) is 24.6 Å². The quantitative estimate of drug-likeness (QED) is 0.687. The molecule has 0 bridgehead atoms. The lowest BCUT2D eigenvalue weighted by molar-refractivity contribution is -0.119. The molecule has 6 nitrogen and oxygen atoms in total. The summed E-state index contributed by atoms with van der Waals surface area (Å²) in [5.41, 5.74) is 0. The number of thiophene rings is 1. The maximum Gasteiger partial charge on any atom is 0.239 e. The van der Waals surface area contributed by atoms with Gasteiger partial charge < -0.3 is 15.5 Å². The standard InChI is InChI=1S/C16H25N5OS/c1-4-12-9-13-15(19-11-20-16(13)23-12)18-10-14(22)17-7-5-6-8-21(2)3/h9,11H,4-8,10H2,1-3H3,(H,17,22)(H,18,19,20). The van der Waals surface area contributed by atoms with Gasteiger partial charge in [-0.3, -0.25) is 4.79 Å². The van der Waals surface area contributed by atoms with Crippen molar-refractivity contribution in [3.8, 4) is 0 Å². The van der Waals surface area contributed by atoms with Gasteiger partial charge in [0.25, 0.3) is 0 Å². The van der Waals surface area contributed by atoms with Crippen LogP contribution in [0.4, 0.5) is 5.82 Å². The smallest absolute Gasteiger partial charge is 0.239 e. The Kier molecular flexibility index (Phi) is 6.73. The molecule has 1 amide bonds. The zero-order valence-corrected chi connectivity index (χ0v) is 14.9. The molecule has 0 atom stereocenters. The first-order chi connectivity index (χ1) is 11.1. The van der Waals surface area contributed by atoms with E-state index in [9.17, 15) is 4.79 Å². The number of hydrogen-bond donors (Lipinski definition) is 2. The molecule has 0 aliphatic heterocycles. The minimum absolute atomic E-state index is 0.00689. The highest BCUT2D eigenvalue weighted by atomic mass is 32.1. The monoisotopic (exact) mass is 335 g/mol. The average molecular weight is 335 g/mol. The lowest BCUT2D eigenvalue weighted by Gasteiger charge is -2.10. The molecule has 2 rings (SSSR count). The Morgan fingerprint density at radius 1 is 1.30 bits per heavy atom. The molecule has 126 valence electrons. The molecule has 2 N–H and O–H groups in total. The molecule has 0 aliphatic carbocycles. The number of carbonyl (C=O) groups is 1. The number of aryl methyl sites for hydroxylation is 1. The highest BCUT2D eigenvalue weighted by Gasteiger charge is 2.09. The third-order valence-corrected chi connectivity index (χ3v) is 4.69. The van der Waals surface area contributed by atoms with Crippen LogP contribution in [0, 0.1) is 0 Å². The molecule has 0 unspecified atom stereocenters. The number of anilines is 1. The van der Waals surface area contributed by atoms with Crippen molar-refractivity contribution in [2.24, 2.45) is 0 Å². The highest BCUT2D eigenvalue weighted by molar-refractivity contribution is 7.18. The Morgan fingerprint density at radius 2 is 2.13 bits per heavy atom. The van der Waals surface area contributed by atoms with Crippen molar-refractivity contribution in [3.05, 3.63) is 17.3 Å². The third kappa shape index (κ3) is 5.44. The number of amides is 1. The molecule has 0 aliphatic rings. The van der Waals surface area contributed by atoms with Crippen LogP contribution in [0.25, 0.3) is 10.2 Å². The van der Waals surface area contributed by atoms with Gasteiger partial charge in [-0.05, 0) is 46.0 Å². The van der Waals surface area contributed by atoms with Gasteiger partial charge in [0, 0.05) is 11.4 Å². The molecule has 0 fully saturated rings. The first kappa shape index (κ1) is 17.6. The number of aromatic nitrogens is 2. The van der Waals surface area contributed by atoms with Crippen molar-refractivity contribution in [1.29, 1.82) is 0 Å². The second-order valence-electron chi connectivity index (χ2n) is 5.72. The Balaban J connectivity index is 1.79. The van der Waals surface area contributed by atoms with Gasteiger partial charge >= 0.3 is 0 Å². The second kappa shape index (κ2) is 8.79. The van der Waals surface area contributed by atoms with E-state index in [2.05, 4.69) is 52.6 Å². The number of hydrogen-bond acceptors (Lipinski definition) is 6. The first-order valence-electron chi connectivity index (χ1n) is 7.99. The van der Waals surface area contributed by atoms with Gasteiger partial charge in [0.15, 0.2) is 0 Å². The van der Waals surface area contributed by atoms with Gasteiger partial charge in [0.2, 0.25) is 5.91 Å². The molecule has 23 heavy (non-hydrogen) atoms. The summed E-state index contributed by atoms with van der Waals surface area (Å²) >= 11 is 1.67. The van der Waals surface area contributed by atoms with Crippen LogP contribution in [0.3, 0.4) is 0 Å². The van der Waals surface area contributed by atoms with Crippen LogP contribution in [-0.4, -0.2) is 54.5 Å². The minimum atomic E-state index is -0.00689. The van der Waals surface area contributed by atoms with Gasteiger partial charge in [-0.15, -0.1) is 11.3 Å². The molecule has 0 spiro atoms. The van der Waals surface area contributed by atoms with Gasteiger partial charge in [-0.25, -0.2) is 9.97 Å². The normalized spacial score (nSPS) is 11.1.